The van der Waals surface area contributed by atoms with Crippen molar-refractivity contribution in [3.63, 3.8) is 0 Å². The van der Waals surface area contributed by atoms with E-state index in [-0.39, 0.29) is 37.1 Å². The summed E-state index contributed by atoms with van der Waals surface area (Å²) < 4.78 is 44.0. The molecule has 1 heterocycles. The van der Waals surface area contributed by atoms with Gasteiger partial charge >= 0.3 is 5.97 Å². The van der Waals surface area contributed by atoms with Gasteiger partial charge in [-0.2, -0.15) is 4.31 Å². The highest BCUT2D eigenvalue weighted by Gasteiger charge is 2.34. The molecule has 9 heteroatoms. The van der Waals surface area contributed by atoms with Gasteiger partial charge in [-0.15, -0.1) is 12.4 Å². The number of nitrogens with zero attached hydrogens (tertiary/aromatic N) is 1. The maximum atomic E-state index is 13.3. The fraction of sp³-hybridized carbons (Fsp3) is 0.417. The molecule has 21 heavy (non-hydrogen) atoms. The van der Waals surface area contributed by atoms with Crippen LogP contribution in [0.5, 0.6) is 0 Å². The van der Waals surface area contributed by atoms with Gasteiger partial charge in [-0.05, 0) is 24.6 Å². The van der Waals surface area contributed by atoms with Crippen molar-refractivity contribution in [1.82, 2.24) is 4.31 Å². The molecule has 0 aromatic heterocycles. The molecule has 118 valence electrons. The van der Waals surface area contributed by atoms with Crippen molar-refractivity contribution in [2.45, 2.75) is 17.4 Å². The highest BCUT2D eigenvalue weighted by atomic mass is 35.5. The van der Waals surface area contributed by atoms with Gasteiger partial charge in [0, 0.05) is 19.1 Å². The third kappa shape index (κ3) is 3.52. The van der Waals surface area contributed by atoms with E-state index in [2.05, 4.69) is 4.74 Å². The molecular formula is C12H16ClFN2O4S. The first-order valence-corrected chi connectivity index (χ1v) is 7.44. The lowest BCUT2D eigenvalue weighted by Gasteiger charge is -2.17. The molecule has 6 nitrogen and oxygen atoms in total. The average Bonchev–Trinajstić information content (AvgIpc) is 2.85. The Bertz CT molecular complexity index is 638. The number of hydrogen-bond acceptors (Lipinski definition) is 5. The zero-order valence-electron chi connectivity index (χ0n) is 11.3. The Balaban J connectivity index is 0.00000220. The molecule has 2 rings (SSSR count). The Kier molecular flexibility index (Phi) is 5.68. The van der Waals surface area contributed by atoms with Crippen LogP contribution in [0.3, 0.4) is 0 Å². The average molecular weight is 339 g/mol. The Morgan fingerprint density at radius 2 is 2.14 bits per heavy atom. The van der Waals surface area contributed by atoms with Crippen LogP contribution in [0, 0.1) is 5.82 Å². The number of hydrogen-bond donors (Lipinski definition) is 1. The summed E-state index contributed by atoms with van der Waals surface area (Å²) in [6.45, 7) is 0.403. The van der Waals surface area contributed by atoms with Gasteiger partial charge in [0.2, 0.25) is 10.0 Å². The number of benzene rings is 1. The van der Waals surface area contributed by atoms with Crippen LogP contribution in [-0.4, -0.2) is 44.9 Å². The van der Waals surface area contributed by atoms with Crippen molar-refractivity contribution in [3.05, 3.63) is 29.6 Å². The second kappa shape index (κ2) is 6.69. The number of halogens is 2. The van der Waals surface area contributed by atoms with Gasteiger partial charge in [-0.1, -0.05) is 0 Å². The largest absolute Gasteiger partial charge is 0.465 e. The minimum absolute atomic E-state index is 0. The Labute approximate surface area is 128 Å². The molecule has 1 aliphatic heterocycles. The first-order chi connectivity index (χ1) is 9.36. The van der Waals surface area contributed by atoms with Crippen LogP contribution >= 0.6 is 12.4 Å². The van der Waals surface area contributed by atoms with Crippen LogP contribution in [0.1, 0.15) is 16.8 Å². The number of carbonyl (C=O) groups excluding carboxylic acids is 1. The number of methoxy groups -OCH3 is 1. The lowest BCUT2D eigenvalue weighted by Crippen LogP contribution is -2.33. The van der Waals surface area contributed by atoms with Crippen LogP contribution in [0.15, 0.2) is 23.1 Å². The molecule has 1 atom stereocenters. The lowest BCUT2D eigenvalue weighted by molar-refractivity contribution is 0.0596. The van der Waals surface area contributed by atoms with Crippen LogP contribution < -0.4 is 5.73 Å². The van der Waals surface area contributed by atoms with Gasteiger partial charge in [0.15, 0.2) is 0 Å². The Hall–Kier alpha value is -1.22. The molecule has 1 aromatic rings. The van der Waals surface area contributed by atoms with Crippen molar-refractivity contribution >= 4 is 28.4 Å². The summed E-state index contributed by atoms with van der Waals surface area (Å²) in [5.41, 5.74) is 5.50. The SMILES string of the molecule is COC(=O)c1ccc(F)cc1S(=O)(=O)N1CC[C@@H](N)C1.Cl. The summed E-state index contributed by atoms with van der Waals surface area (Å²) in [7, 11) is -2.83. The van der Waals surface area contributed by atoms with Crippen molar-refractivity contribution in [2.24, 2.45) is 5.73 Å². The van der Waals surface area contributed by atoms with E-state index in [1.165, 1.54) is 0 Å². The van der Waals surface area contributed by atoms with Gasteiger partial charge in [-0.25, -0.2) is 17.6 Å². The molecule has 0 radical (unpaired) electrons. The third-order valence-corrected chi connectivity index (χ3v) is 5.06. The number of esters is 1. The zero-order valence-corrected chi connectivity index (χ0v) is 12.9. The van der Waals surface area contributed by atoms with Crippen molar-refractivity contribution in [2.75, 3.05) is 20.2 Å². The van der Waals surface area contributed by atoms with E-state index in [1.807, 2.05) is 0 Å². The predicted octanol–water partition coefficient (Wildman–Crippen LogP) is 0.756. The zero-order chi connectivity index (χ0) is 14.9. The monoisotopic (exact) mass is 338 g/mol. The summed E-state index contributed by atoms with van der Waals surface area (Å²) in [5.74, 6) is -1.56. The van der Waals surface area contributed by atoms with Gasteiger partial charge in [0.05, 0.1) is 17.6 Å². The molecule has 0 aliphatic carbocycles. The normalized spacial score (nSPS) is 19.1. The van der Waals surface area contributed by atoms with E-state index >= 15 is 0 Å². The number of nitrogens with two attached hydrogens (primary N) is 1. The van der Waals surface area contributed by atoms with Crippen molar-refractivity contribution in [1.29, 1.82) is 0 Å². The minimum atomic E-state index is -3.97. The summed E-state index contributed by atoms with van der Waals surface area (Å²) >= 11 is 0. The number of ether oxygens (including phenoxy) is 1. The summed E-state index contributed by atoms with van der Waals surface area (Å²) in [6, 6.07) is 2.69. The smallest absolute Gasteiger partial charge is 0.339 e. The molecule has 1 aliphatic rings. The molecule has 1 fully saturated rings. The Morgan fingerprint density at radius 3 is 2.67 bits per heavy atom. The second-order valence-electron chi connectivity index (χ2n) is 4.54. The predicted molar refractivity (Wildman–Crippen MR) is 76.3 cm³/mol. The molecular weight excluding hydrogens is 323 g/mol. The molecule has 0 spiro atoms. The van der Waals surface area contributed by atoms with Gasteiger partial charge < -0.3 is 10.5 Å². The van der Waals surface area contributed by atoms with Gasteiger partial charge in [0.1, 0.15) is 5.82 Å². The summed E-state index contributed by atoms with van der Waals surface area (Å²) in [5, 5.41) is 0. The van der Waals surface area contributed by atoms with Crippen molar-refractivity contribution in [3.8, 4) is 0 Å². The third-order valence-electron chi connectivity index (χ3n) is 3.15. The highest BCUT2D eigenvalue weighted by molar-refractivity contribution is 7.89. The standard InChI is InChI=1S/C12H15FN2O4S.ClH/c1-19-12(16)10-3-2-8(13)6-11(10)20(17,18)15-5-4-9(14)7-15;/h2-3,6,9H,4-5,7,14H2,1H3;1H/t9-;/m1./s1. The Morgan fingerprint density at radius 1 is 1.48 bits per heavy atom. The van der Waals surface area contributed by atoms with Crippen LogP contribution in [0.4, 0.5) is 4.39 Å². The van der Waals surface area contributed by atoms with E-state index in [0.717, 1.165) is 29.6 Å². The first kappa shape index (κ1) is 17.8. The molecule has 0 amide bonds. The first-order valence-electron chi connectivity index (χ1n) is 6.00. The highest BCUT2D eigenvalue weighted by Crippen LogP contribution is 2.25. The van der Waals surface area contributed by atoms with E-state index in [4.69, 9.17) is 5.73 Å². The number of sulfonamides is 1. The quantitative estimate of drug-likeness (QED) is 0.822. The van der Waals surface area contributed by atoms with Gasteiger partial charge in [0.25, 0.3) is 0 Å². The fourth-order valence-corrected chi connectivity index (χ4v) is 3.80. The summed E-state index contributed by atoms with van der Waals surface area (Å²) in [6.07, 6.45) is 0.530. The molecule has 1 saturated heterocycles. The molecule has 1 aromatic carbocycles. The molecule has 0 unspecified atom stereocenters. The number of carbonyl (C=O) groups is 1. The van der Waals surface area contributed by atoms with Crippen molar-refractivity contribution < 1.29 is 22.3 Å². The van der Waals surface area contributed by atoms with Crippen LogP contribution in [0.2, 0.25) is 0 Å². The molecule has 0 saturated carbocycles. The van der Waals surface area contributed by atoms with E-state index in [1.54, 1.807) is 0 Å². The topological polar surface area (TPSA) is 89.7 Å². The lowest BCUT2D eigenvalue weighted by atomic mass is 10.2. The molecule has 0 bridgehead atoms. The van der Waals surface area contributed by atoms with E-state index < -0.39 is 26.7 Å². The molecule has 2 N–H and O–H groups in total. The number of rotatable bonds is 3. The second-order valence-corrected chi connectivity index (χ2v) is 6.45. The maximum absolute atomic E-state index is 13.3. The van der Waals surface area contributed by atoms with Crippen LogP contribution in [-0.2, 0) is 14.8 Å². The van der Waals surface area contributed by atoms with E-state index in [9.17, 15) is 17.6 Å². The van der Waals surface area contributed by atoms with Crippen LogP contribution in [0.25, 0.3) is 0 Å². The maximum Gasteiger partial charge on any atom is 0.339 e. The van der Waals surface area contributed by atoms with Gasteiger partial charge in [-0.3, -0.25) is 0 Å². The van der Waals surface area contributed by atoms with E-state index in [0.29, 0.717) is 6.42 Å². The summed E-state index contributed by atoms with van der Waals surface area (Å²) in [4.78, 5) is 11.2. The minimum Gasteiger partial charge on any atom is -0.465 e. The fourth-order valence-electron chi connectivity index (χ4n) is 2.10.